The molecule has 0 atom stereocenters. The Labute approximate surface area is 126 Å². The van der Waals surface area contributed by atoms with Gasteiger partial charge in [0.15, 0.2) is 0 Å². The molecular formula is C16H17F3N2O. The number of hydrogen-bond acceptors (Lipinski definition) is 3. The van der Waals surface area contributed by atoms with E-state index in [-0.39, 0.29) is 18.9 Å². The van der Waals surface area contributed by atoms with Gasteiger partial charge in [-0.2, -0.15) is 13.2 Å². The summed E-state index contributed by atoms with van der Waals surface area (Å²) in [6.45, 7) is 0. The first-order valence-corrected chi connectivity index (χ1v) is 7.31. The molecule has 1 aromatic carbocycles. The number of pyridine rings is 1. The maximum absolute atomic E-state index is 12.7. The van der Waals surface area contributed by atoms with Crippen LogP contribution in [-0.4, -0.2) is 17.3 Å². The number of ether oxygens (including phenoxy) is 1. The third kappa shape index (κ3) is 2.96. The van der Waals surface area contributed by atoms with Gasteiger partial charge in [0.2, 0.25) is 5.88 Å². The second-order valence-corrected chi connectivity index (χ2v) is 5.69. The number of nitrogen functional groups attached to an aromatic ring is 1. The van der Waals surface area contributed by atoms with Crippen molar-refractivity contribution in [2.24, 2.45) is 5.92 Å². The Morgan fingerprint density at radius 2 is 1.77 bits per heavy atom. The Hall–Kier alpha value is -1.98. The normalized spacial score (nSPS) is 22.7. The van der Waals surface area contributed by atoms with Gasteiger partial charge in [-0.05, 0) is 43.9 Å². The standard InChI is InChI=1S/C16H17F3N2O/c17-16(18,19)10-4-6-11(7-5-10)22-15-13-2-1-3-14(20)12(13)8-9-21-15/h1-3,8-11H,4-7,20H2/t10-,11-. The molecular weight excluding hydrogens is 293 g/mol. The summed E-state index contributed by atoms with van der Waals surface area (Å²) in [5.74, 6) is -0.760. The van der Waals surface area contributed by atoms with Gasteiger partial charge >= 0.3 is 6.18 Å². The molecule has 0 amide bonds. The van der Waals surface area contributed by atoms with Crippen molar-refractivity contribution in [2.75, 3.05) is 5.73 Å². The summed E-state index contributed by atoms with van der Waals surface area (Å²) in [7, 11) is 0. The van der Waals surface area contributed by atoms with Gasteiger partial charge < -0.3 is 10.5 Å². The molecule has 1 heterocycles. The van der Waals surface area contributed by atoms with Crippen molar-refractivity contribution in [2.45, 2.75) is 38.0 Å². The molecule has 0 spiro atoms. The van der Waals surface area contributed by atoms with Crippen LogP contribution in [-0.2, 0) is 0 Å². The van der Waals surface area contributed by atoms with Crippen LogP contribution in [0.2, 0.25) is 0 Å². The van der Waals surface area contributed by atoms with E-state index >= 15 is 0 Å². The lowest BCUT2D eigenvalue weighted by atomic mass is 9.87. The molecule has 1 fully saturated rings. The zero-order chi connectivity index (χ0) is 15.7. The van der Waals surface area contributed by atoms with Gasteiger partial charge in [-0.3, -0.25) is 0 Å². The number of nitrogens with two attached hydrogens (primary N) is 1. The molecule has 0 bridgehead atoms. The fraction of sp³-hybridized carbons (Fsp3) is 0.438. The van der Waals surface area contributed by atoms with E-state index in [1.807, 2.05) is 12.1 Å². The van der Waals surface area contributed by atoms with Crippen LogP contribution in [0.4, 0.5) is 18.9 Å². The summed E-state index contributed by atoms with van der Waals surface area (Å²) in [5.41, 5.74) is 6.55. The summed E-state index contributed by atoms with van der Waals surface area (Å²) in [4.78, 5) is 4.21. The molecule has 3 rings (SSSR count). The molecule has 1 saturated carbocycles. The van der Waals surface area contributed by atoms with E-state index in [2.05, 4.69) is 4.98 Å². The average Bonchev–Trinajstić information content (AvgIpc) is 2.48. The lowest BCUT2D eigenvalue weighted by Gasteiger charge is -2.30. The van der Waals surface area contributed by atoms with Crippen LogP contribution in [0.1, 0.15) is 25.7 Å². The number of hydrogen-bond donors (Lipinski definition) is 1. The third-order valence-electron chi connectivity index (χ3n) is 4.22. The second-order valence-electron chi connectivity index (χ2n) is 5.69. The predicted molar refractivity (Wildman–Crippen MR) is 78.6 cm³/mol. The maximum atomic E-state index is 12.7. The number of rotatable bonds is 2. The molecule has 3 nitrogen and oxygen atoms in total. The molecule has 0 radical (unpaired) electrons. The van der Waals surface area contributed by atoms with Crippen LogP contribution in [0.5, 0.6) is 5.88 Å². The number of anilines is 1. The van der Waals surface area contributed by atoms with Crippen molar-refractivity contribution in [1.29, 1.82) is 0 Å². The number of benzene rings is 1. The zero-order valence-electron chi connectivity index (χ0n) is 11.9. The van der Waals surface area contributed by atoms with Gasteiger partial charge in [-0.25, -0.2) is 4.98 Å². The van der Waals surface area contributed by atoms with Crippen LogP contribution >= 0.6 is 0 Å². The van der Waals surface area contributed by atoms with Crippen LogP contribution in [0.3, 0.4) is 0 Å². The molecule has 22 heavy (non-hydrogen) atoms. The predicted octanol–water partition coefficient (Wildman–Crippen LogP) is 4.32. The highest BCUT2D eigenvalue weighted by molar-refractivity contribution is 5.95. The number of fused-ring (bicyclic) bond motifs is 1. The third-order valence-corrected chi connectivity index (χ3v) is 4.22. The Bertz CT molecular complexity index is 664. The second kappa shape index (κ2) is 5.66. The minimum Gasteiger partial charge on any atom is -0.474 e. The Morgan fingerprint density at radius 3 is 2.45 bits per heavy atom. The van der Waals surface area contributed by atoms with Crippen LogP contribution < -0.4 is 10.5 Å². The van der Waals surface area contributed by atoms with E-state index in [1.54, 1.807) is 18.3 Å². The first-order chi connectivity index (χ1) is 10.4. The van der Waals surface area contributed by atoms with Gasteiger partial charge in [0, 0.05) is 22.7 Å². The highest BCUT2D eigenvalue weighted by atomic mass is 19.4. The molecule has 0 unspecified atom stereocenters. The number of nitrogens with zero attached hydrogens (tertiary/aromatic N) is 1. The number of halogens is 3. The van der Waals surface area contributed by atoms with Gasteiger partial charge in [0.05, 0.1) is 5.92 Å². The van der Waals surface area contributed by atoms with Crippen LogP contribution in [0.25, 0.3) is 10.8 Å². The van der Waals surface area contributed by atoms with Gasteiger partial charge in [0.1, 0.15) is 6.10 Å². The maximum Gasteiger partial charge on any atom is 0.391 e. The highest BCUT2D eigenvalue weighted by Crippen LogP contribution is 2.39. The summed E-state index contributed by atoms with van der Waals surface area (Å²) in [5, 5.41) is 1.64. The molecule has 2 N–H and O–H groups in total. The van der Waals surface area contributed by atoms with Crippen molar-refractivity contribution in [3.8, 4) is 5.88 Å². The van der Waals surface area contributed by atoms with Crippen molar-refractivity contribution in [3.63, 3.8) is 0 Å². The van der Waals surface area contributed by atoms with E-state index < -0.39 is 12.1 Å². The minimum atomic E-state index is -4.10. The first-order valence-electron chi connectivity index (χ1n) is 7.31. The van der Waals surface area contributed by atoms with Gasteiger partial charge in [-0.1, -0.05) is 6.07 Å². The largest absolute Gasteiger partial charge is 0.474 e. The zero-order valence-corrected chi connectivity index (χ0v) is 11.9. The number of alkyl halides is 3. The molecule has 1 aliphatic rings. The molecule has 0 aliphatic heterocycles. The molecule has 6 heteroatoms. The van der Waals surface area contributed by atoms with Crippen molar-refractivity contribution < 1.29 is 17.9 Å². The number of aromatic nitrogens is 1. The highest BCUT2D eigenvalue weighted by Gasteiger charge is 2.41. The quantitative estimate of drug-likeness (QED) is 0.841. The monoisotopic (exact) mass is 310 g/mol. The van der Waals surface area contributed by atoms with E-state index in [4.69, 9.17) is 10.5 Å². The average molecular weight is 310 g/mol. The summed E-state index contributed by atoms with van der Waals surface area (Å²) in [6.07, 6.45) is -1.71. The Morgan fingerprint density at radius 1 is 1.05 bits per heavy atom. The van der Waals surface area contributed by atoms with Crippen LogP contribution in [0.15, 0.2) is 30.5 Å². The summed E-state index contributed by atoms with van der Waals surface area (Å²) < 4.78 is 43.9. The van der Waals surface area contributed by atoms with Crippen molar-refractivity contribution in [1.82, 2.24) is 4.98 Å². The van der Waals surface area contributed by atoms with Crippen molar-refractivity contribution >= 4 is 16.5 Å². The summed E-state index contributed by atoms with van der Waals surface area (Å²) in [6, 6.07) is 7.26. The van der Waals surface area contributed by atoms with Crippen molar-refractivity contribution in [3.05, 3.63) is 30.5 Å². The Balaban J connectivity index is 1.74. The van der Waals surface area contributed by atoms with E-state index in [9.17, 15) is 13.2 Å². The fourth-order valence-corrected chi connectivity index (χ4v) is 2.96. The molecule has 118 valence electrons. The first kappa shape index (κ1) is 14.9. The molecule has 2 aromatic rings. The smallest absolute Gasteiger partial charge is 0.391 e. The topological polar surface area (TPSA) is 48.1 Å². The van der Waals surface area contributed by atoms with Gasteiger partial charge in [-0.15, -0.1) is 0 Å². The van der Waals surface area contributed by atoms with E-state index in [0.29, 0.717) is 24.4 Å². The lowest BCUT2D eigenvalue weighted by Crippen LogP contribution is -2.32. The van der Waals surface area contributed by atoms with E-state index in [0.717, 1.165) is 10.8 Å². The minimum absolute atomic E-state index is 0.112. The molecule has 1 aromatic heterocycles. The molecule has 0 saturated heterocycles. The fourth-order valence-electron chi connectivity index (χ4n) is 2.96. The van der Waals surface area contributed by atoms with Gasteiger partial charge in [0.25, 0.3) is 0 Å². The van der Waals surface area contributed by atoms with E-state index in [1.165, 1.54) is 0 Å². The van der Waals surface area contributed by atoms with Crippen LogP contribution in [0, 0.1) is 5.92 Å². The summed E-state index contributed by atoms with van der Waals surface area (Å²) >= 11 is 0. The molecule has 1 aliphatic carbocycles. The Kier molecular flexibility index (Phi) is 3.85. The lowest BCUT2D eigenvalue weighted by molar-refractivity contribution is -0.185. The SMILES string of the molecule is Nc1cccc2c(O[C@H]3CC[C@H](C(F)(F)F)CC3)nccc12.